The van der Waals surface area contributed by atoms with Crippen LogP contribution in [0.2, 0.25) is 0 Å². The van der Waals surface area contributed by atoms with Crippen LogP contribution < -0.4 is 5.32 Å². The summed E-state index contributed by atoms with van der Waals surface area (Å²) in [4.78, 5) is 26.7. The monoisotopic (exact) mass is 458 g/mol. The van der Waals surface area contributed by atoms with Gasteiger partial charge in [0, 0.05) is 41.3 Å². The molecule has 34 heavy (non-hydrogen) atoms. The highest BCUT2D eigenvalue weighted by molar-refractivity contribution is 5.80. The highest BCUT2D eigenvalue weighted by atomic mass is 16.2. The van der Waals surface area contributed by atoms with Crippen molar-refractivity contribution in [3.8, 4) is 0 Å². The van der Waals surface area contributed by atoms with Crippen molar-refractivity contribution in [2.24, 2.45) is 5.92 Å². The second-order valence-corrected chi connectivity index (χ2v) is 9.38. The van der Waals surface area contributed by atoms with Crippen LogP contribution in [-0.2, 0) is 24.3 Å². The Balaban J connectivity index is 1.34. The van der Waals surface area contributed by atoms with Crippen molar-refractivity contribution in [2.45, 2.75) is 44.8 Å². The number of carbonyl (C=O) groups is 1. The van der Waals surface area contributed by atoms with Crippen LogP contribution in [0.5, 0.6) is 0 Å². The Kier molecular flexibility index (Phi) is 5.58. The zero-order valence-corrected chi connectivity index (χ0v) is 19.5. The van der Waals surface area contributed by atoms with Gasteiger partial charge in [-0.05, 0) is 50.0 Å². The second-order valence-electron chi connectivity index (χ2n) is 9.38. The molecule has 3 aromatic rings. The van der Waals surface area contributed by atoms with Gasteiger partial charge in [-0.2, -0.15) is 0 Å². The van der Waals surface area contributed by atoms with Crippen molar-refractivity contribution in [2.75, 3.05) is 25.4 Å². The van der Waals surface area contributed by atoms with Crippen LogP contribution in [-0.4, -0.2) is 51.8 Å². The lowest BCUT2D eigenvalue weighted by atomic mass is 9.79. The van der Waals surface area contributed by atoms with Gasteiger partial charge < -0.3 is 15.1 Å². The third-order valence-corrected chi connectivity index (χ3v) is 7.06. The Morgan fingerprint density at radius 3 is 2.68 bits per heavy atom. The van der Waals surface area contributed by atoms with E-state index in [9.17, 15) is 4.79 Å². The predicted molar refractivity (Wildman–Crippen MR) is 134 cm³/mol. The quantitative estimate of drug-likeness (QED) is 0.624. The minimum atomic E-state index is -2.17. The third kappa shape index (κ3) is 4.82. The van der Waals surface area contributed by atoms with Crippen LogP contribution in [0, 0.1) is 5.92 Å². The lowest BCUT2D eigenvalue weighted by Gasteiger charge is -2.42. The fraction of sp³-hybridized carbons (Fsp3) is 0.393. The van der Waals surface area contributed by atoms with Crippen molar-refractivity contribution < 1.29 is 8.91 Å². The summed E-state index contributed by atoms with van der Waals surface area (Å²) in [6.45, 7) is 1.67. The first-order valence-corrected chi connectivity index (χ1v) is 12.0. The average Bonchev–Trinajstić information content (AvgIpc) is 2.91. The van der Waals surface area contributed by atoms with Gasteiger partial charge in [-0.3, -0.25) is 4.79 Å². The Morgan fingerprint density at radius 2 is 1.91 bits per heavy atom. The van der Waals surface area contributed by atoms with E-state index in [1.807, 2.05) is 71.8 Å². The van der Waals surface area contributed by atoms with E-state index in [4.69, 9.17) is 9.10 Å². The summed E-state index contributed by atoms with van der Waals surface area (Å²) < 4.78 is 23.7. The van der Waals surface area contributed by atoms with Crippen LogP contribution in [0.15, 0.2) is 66.9 Å². The molecule has 0 saturated carbocycles. The van der Waals surface area contributed by atoms with E-state index in [1.165, 1.54) is 4.90 Å². The summed E-state index contributed by atoms with van der Waals surface area (Å²) in [6, 6.07) is 19.9. The van der Waals surface area contributed by atoms with Crippen molar-refractivity contribution in [3.05, 3.63) is 89.2 Å². The number of rotatable bonds is 5. The Bertz CT molecular complexity index is 1220. The third-order valence-electron chi connectivity index (χ3n) is 7.06. The van der Waals surface area contributed by atoms with Crippen LogP contribution in [0.1, 0.15) is 45.8 Å². The lowest BCUT2D eigenvalue weighted by molar-refractivity contribution is -0.141. The number of nitrogens with one attached hydrogen (secondary N) is 1. The number of piperidine rings is 1. The number of aromatic nitrogens is 2. The fourth-order valence-corrected chi connectivity index (χ4v) is 5.15. The molecule has 1 saturated heterocycles. The molecule has 0 unspecified atom stereocenters. The number of likely N-dealkylation sites (tertiary alicyclic amines) is 1. The predicted octanol–water partition coefficient (Wildman–Crippen LogP) is 4.10. The van der Waals surface area contributed by atoms with Gasteiger partial charge in [0.15, 0.2) is 0 Å². The molecule has 2 aliphatic rings. The SMILES string of the molecule is [2H]C([2H])([2H])N1CC[C@H](C(=O)N2Cc3nc(NCc4ccccc4)ncc3C[C@H]2C)[C@@H](c2ccccc2)C1. The molecule has 176 valence electrons. The van der Waals surface area contributed by atoms with E-state index < -0.39 is 6.98 Å². The molecule has 6 heteroatoms. The number of benzene rings is 2. The maximum Gasteiger partial charge on any atom is 0.227 e. The van der Waals surface area contributed by atoms with E-state index in [2.05, 4.69) is 17.2 Å². The van der Waals surface area contributed by atoms with Crippen molar-refractivity contribution in [1.82, 2.24) is 19.8 Å². The van der Waals surface area contributed by atoms with Gasteiger partial charge in [0.05, 0.1) is 12.2 Å². The molecular formula is C28H33N5O. The van der Waals surface area contributed by atoms with Crippen molar-refractivity contribution in [1.29, 1.82) is 0 Å². The number of carbonyl (C=O) groups excluding carboxylic acids is 1. The summed E-state index contributed by atoms with van der Waals surface area (Å²) in [6.07, 6.45) is 3.08. The Hall–Kier alpha value is -3.25. The van der Waals surface area contributed by atoms with Crippen LogP contribution in [0.3, 0.4) is 0 Å². The van der Waals surface area contributed by atoms with E-state index in [0.29, 0.717) is 45.0 Å². The number of anilines is 1. The molecule has 2 aliphatic heterocycles. The number of nitrogens with zero attached hydrogens (tertiary/aromatic N) is 4. The fourth-order valence-electron chi connectivity index (χ4n) is 5.15. The number of fused-ring (bicyclic) bond motifs is 1. The second kappa shape index (κ2) is 9.94. The number of amides is 1. The van der Waals surface area contributed by atoms with Gasteiger partial charge in [-0.15, -0.1) is 0 Å². The smallest absolute Gasteiger partial charge is 0.227 e. The molecule has 1 aromatic heterocycles. The van der Waals surface area contributed by atoms with Gasteiger partial charge in [-0.1, -0.05) is 60.7 Å². The van der Waals surface area contributed by atoms with Gasteiger partial charge in [0.2, 0.25) is 11.9 Å². The summed E-state index contributed by atoms with van der Waals surface area (Å²) in [5, 5.41) is 3.29. The van der Waals surface area contributed by atoms with Crippen molar-refractivity contribution in [3.63, 3.8) is 0 Å². The molecule has 3 heterocycles. The molecule has 5 rings (SSSR count). The first-order valence-electron chi connectivity index (χ1n) is 13.5. The van der Waals surface area contributed by atoms with Crippen LogP contribution in [0.25, 0.3) is 0 Å². The zero-order chi connectivity index (χ0) is 26.0. The molecule has 0 bridgehead atoms. The molecule has 2 aromatic carbocycles. The highest BCUT2D eigenvalue weighted by Crippen LogP contribution is 2.35. The number of likely N-dealkylation sites (N-methyl/N-ethyl adjacent to an activating group) is 1. The molecular weight excluding hydrogens is 422 g/mol. The molecule has 0 spiro atoms. The lowest BCUT2D eigenvalue weighted by Crippen LogP contribution is -2.50. The summed E-state index contributed by atoms with van der Waals surface area (Å²) in [7, 11) is 0. The molecule has 0 aliphatic carbocycles. The van der Waals surface area contributed by atoms with Gasteiger partial charge >= 0.3 is 0 Å². The minimum absolute atomic E-state index is 0.0174. The minimum Gasteiger partial charge on any atom is -0.350 e. The van der Waals surface area contributed by atoms with E-state index in [0.717, 1.165) is 22.4 Å². The van der Waals surface area contributed by atoms with Gasteiger partial charge in [0.25, 0.3) is 0 Å². The zero-order valence-electron chi connectivity index (χ0n) is 22.5. The topological polar surface area (TPSA) is 61.4 Å². The maximum atomic E-state index is 14.0. The molecule has 1 amide bonds. The van der Waals surface area contributed by atoms with Crippen LogP contribution >= 0.6 is 0 Å². The standard InChI is InChI=1S/C28H33N5O/c1-20-15-23-17-30-28(29-16-21-9-5-3-6-10-21)31-26(23)19-33(20)27(34)24-13-14-32(2)18-25(24)22-11-7-4-8-12-22/h3-12,17,20,24-25H,13-16,18-19H2,1-2H3,(H,29,30,31)/t20-,24+,25-/m1/s1/i2D3. The Morgan fingerprint density at radius 1 is 1.15 bits per heavy atom. The normalized spacial score (nSPS) is 24.4. The Labute approximate surface area is 206 Å². The summed E-state index contributed by atoms with van der Waals surface area (Å²) in [5.74, 6) is 0.180. The number of hydrogen-bond donors (Lipinski definition) is 1. The van der Waals surface area contributed by atoms with Crippen LogP contribution in [0.4, 0.5) is 5.95 Å². The molecule has 3 atom stereocenters. The first-order chi connectivity index (χ1) is 17.8. The summed E-state index contributed by atoms with van der Waals surface area (Å²) in [5.41, 5.74) is 4.09. The highest BCUT2D eigenvalue weighted by Gasteiger charge is 2.39. The largest absolute Gasteiger partial charge is 0.350 e. The molecule has 1 fully saturated rings. The molecule has 1 N–H and O–H groups in total. The van der Waals surface area contributed by atoms with E-state index in [1.54, 1.807) is 0 Å². The van der Waals surface area contributed by atoms with Crippen molar-refractivity contribution >= 4 is 11.9 Å². The van der Waals surface area contributed by atoms with E-state index in [-0.39, 0.29) is 23.8 Å². The summed E-state index contributed by atoms with van der Waals surface area (Å²) >= 11 is 0. The average molecular weight is 459 g/mol. The van der Waals surface area contributed by atoms with Gasteiger partial charge in [0.1, 0.15) is 0 Å². The van der Waals surface area contributed by atoms with Gasteiger partial charge in [-0.25, -0.2) is 9.97 Å². The first kappa shape index (κ1) is 19.1. The molecule has 0 radical (unpaired) electrons. The van der Waals surface area contributed by atoms with E-state index >= 15 is 0 Å². The maximum absolute atomic E-state index is 14.0. The number of hydrogen-bond acceptors (Lipinski definition) is 5. The molecule has 6 nitrogen and oxygen atoms in total.